The Balaban J connectivity index is 2.19. The minimum absolute atomic E-state index is 0.180. The molecule has 0 spiro atoms. The van der Waals surface area contributed by atoms with Crippen LogP contribution in [0.2, 0.25) is 0 Å². The van der Waals surface area contributed by atoms with Crippen LogP contribution in [0.4, 0.5) is 0 Å². The predicted octanol–water partition coefficient (Wildman–Crippen LogP) is 0.428. The molecule has 1 aromatic heterocycles. The van der Waals surface area contributed by atoms with E-state index in [1.165, 1.54) is 4.68 Å². The van der Waals surface area contributed by atoms with Gasteiger partial charge in [0.2, 0.25) is 0 Å². The lowest BCUT2D eigenvalue weighted by molar-refractivity contribution is 0.0677. The van der Waals surface area contributed by atoms with Gasteiger partial charge in [-0.05, 0) is 28.1 Å². The summed E-state index contributed by atoms with van der Waals surface area (Å²) in [4.78, 5) is 10.8. The predicted molar refractivity (Wildman–Crippen MR) is 56.9 cm³/mol. The van der Waals surface area contributed by atoms with E-state index in [4.69, 9.17) is 9.84 Å². The van der Waals surface area contributed by atoms with Crippen LogP contribution >= 0.6 is 0 Å². The normalized spacial score (nSPS) is 10.2. The number of carboxylic acids is 1. The number of hydrogen-bond acceptors (Lipinski definition) is 5. The Kier molecular flexibility index (Phi) is 2.99. The second-order valence-corrected chi connectivity index (χ2v) is 3.31. The van der Waals surface area contributed by atoms with Gasteiger partial charge in [-0.3, -0.25) is 0 Å². The topological polar surface area (TPSA) is 90.1 Å². The number of nitrogens with zero attached hydrogens (tertiary/aromatic N) is 4. The van der Waals surface area contributed by atoms with Crippen molar-refractivity contribution in [1.82, 2.24) is 20.2 Å². The Morgan fingerprint density at radius 1 is 1.41 bits per heavy atom. The van der Waals surface area contributed by atoms with Crippen LogP contribution < -0.4 is 4.74 Å². The van der Waals surface area contributed by atoms with E-state index < -0.39 is 5.97 Å². The van der Waals surface area contributed by atoms with E-state index in [2.05, 4.69) is 15.5 Å². The number of carboxylic acid groups (broad SMARTS) is 1. The third-order valence-corrected chi connectivity index (χ3v) is 2.21. The van der Waals surface area contributed by atoms with Crippen molar-refractivity contribution < 1.29 is 14.6 Å². The molecule has 2 aromatic rings. The fourth-order valence-corrected chi connectivity index (χ4v) is 1.37. The molecule has 0 atom stereocenters. The van der Waals surface area contributed by atoms with Crippen LogP contribution in [0.25, 0.3) is 0 Å². The third kappa shape index (κ3) is 2.39. The number of hydrogen-bond donors (Lipinski definition) is 1. The summed E-state index contributed by atoms with van der Waals surface area (Å²) in [6.45, 7) is 0.304. The van der Waals surface area contributed by atoms with Crippen LogP contribution in [0.15, 0.2) is 24.3 Å². The maximum absolute atomic E-state index is 10.8. The van der Waals surface area contributed by atoms with E-state index in [0.29, 0.717) is 6.54 Å². The van der Waals surface area contributed by atoms with Crippen LogP contribution in [0.3, 0.4) is 0 Å². The maximum atomic E-state index is 10.8. The molecule has 1 N–H and O–H groups in total. The fourth-order valence-electron chi connectivity index (χ4n) is 1.37. The molecule has 7 heteroatoms. The minimum Gasteiger partial charge on any atom is -0.497 e. The molecule has 0 saturated heterocycles. The molecule has 7 nitrogen and oxygen atoms in total. The van der Waals surface area contributed by atoms with E-state index in [1.807, 2.05) is 12.1 Å². The molecule has 1 heterocycles. The highest BCUT2D eigenvalue weighted by atomic mass is 16.5. The Bertz CT molecular complexity index is 521. The summed E-state index contributed by atoms with van der Waals surface area (Å²) in [6.07, 6.45) is 0. The summed E-state index contributed by atoms with van der Waals surface area (Å²) < 4.78 is 6.25. The number of aromatic carboxylic acids is 1. The quantitative estimate of drug-likeness (QED) is 0.824. The number of rotatable bonds is 4. The average molecular weight is 234 g/mol. The highest BCUT2D eigenvalue weighted by Crippen LogP contribution is 2.12. The molecule has 0 amide bonds. The molecule has 0 saturated carbocycles. The van der Waals surface area contributed by atoms with Gasteiger partial charge >= 0.3 is 5.97 Å². The molecule has 0 radical (unpaired) electrons. The number of tetrazole rings is 1. The van der Waals surface area contributed by atoms with Crippen LogP contribution in [0.5, 0.6) is 5.75 Å². The van der Waals surface area contributed by atoms with Crippen LogP contribution in [0, 0.1) is 0 Å². The molecule has 0 aliphatic heterocycles. The standard InChI is InChI=1S/C10H10N4O3/c1-17-8-4-2-7(3-5-8)6-14-9(10(15)16)11-12-13-14/h2-5H,6H2,1H3,(H,15,16). The zero-order valence-corrected chi connectivity index (χ0v) is 9.07. The van der Waals surface area contributed by atoms with Crippen LogP contribution in [-0.2, 0) is 6.54 Å². The number of aromatic nitrogens is 4. The summed E-state index contributed by atoms with van der Waals surface area (Å²) in [6, 6.07) is 7.23. The zero-order chi connectivity index (χ0) is 12.3. The Morgan fingerprint density at radius 3 is 2.71 bits per heavy atom. The fraction of sp³-hybridized carbons (Fsp3) is 0.200. The number of benzene rings is 1. The van der Waals surface area contributed by atoms with Gasteiger partial charge in [-0.1, -0.05) is 12.1 Å². The van der Waals surface area contributed by atoms with Crippen LogP contribution in [0.1, 0.15) is 16.2 Å². The number of methoxy groups -OCH3 is 1. The van der Waals surface area contributed by atoms with Gasteiger partial charge in [-0.25, -0.2) is 9.48 Å². The second-order valence-electron chi connectivity index (χ2n) is 3.31. The Labute approximate surface area is 96.6 Å². The number of ether oxygens (including phenoxy) is 1. The molecule has 1 aromatic carbocycles. The first-order valence-electron chi connectivity index (χ1n) is 4.83. The molecule has 0 aliphatic rings. The van der Waals surface area contributed by atoms with Gasteiger partial charge in [0.05, 0.1) is 13.7 Å². The summed E-state index contributed by atoms with van der Waals surface area (Å²) in [5.41, 5.74) is 0.889. The molecule has 17 heavy (non-hydrogen) atoms. The van der Waals surface area contributed by atoms with E-state index in [0.717, 1.165) is 11.3 Å². The van der Waals surface area contributed by atoms with Crippen molar-refractivity contribution in [2.45, 2.75) is 6.54 Å². The monoisotopic (exact) mass is 234 g/mol. The summed E-state index contributed by atoms with van der Waals surface area (Å²) in [5, 5.41) is 19.2. The molecular formula is C10H10N4O3. The lowest BCUT2D eigenvalue weighted by atomic mass is 10.2. The summed E-state index contributed by atoms with van der Waals surface area (Å²) in [5.74, 6) is -0.590. The summed E-state index contributed by atoms with van der Waals surface area (Å²) >= 11 is 0. The van der Waals surface area contributed by atoms with Gasteiger partial charge in [0.25, 0.3) is 5.82 Å². The van der Waals surface area contributed by atoms with Crippen molar-refractivity contribution >= 4 is 5.97 Å². The third-order valence-electron chi connectivity index (χ3n) is 2.21. The van der Waals surface area contributed by atoms with E-state index in [9.17, 15) is 4.79 Å². The molecule has 0 fully saturated rings. The zero-order valence-electron chi connectivity index (χ0n) is 9.07. The van der Waals surface area contributed by atoms with E-state index in [-0.39, 0.29) is 5.82 Å². The van der Waals surface area contributed by atoms with Gasteiger partial charge < -0.3 is 9.84 Å². The summed E-state index contributed by atoms with van der Waals surface area (Å²) in [7, 11) is 1.58. The van der Waals surface area contributed by atoms with Crippen molar-refractivity contribution in [2.75, 3.05) is 7.11 Å². The van der Waals surface area contributed by atoms with Crippen molar-refractivity contribution in [1.29, 1.82) is 0 Å². The van der Waals surface area contributed by atoms with E-state index in [1.54, 1.807) is 19.2 Å². The van der Waals surface area contributed by atoms with Gasteiger partial charge in [0.15, 0.2) is 0 Å². The minimum atomic E-state index is -1.15. The Hall–Kier alpha value is -2.44. The first-order chi connectivity index (χ1) is 8.20. The molecule has 88 valence electrons. The highest BCUT2D eigenvalue weighted by molar-refractivity contribution is 5.83. The average Bonchev–Trinajstić information content (AvgIpc) is 2.78. The molecular weight excluding hydrogens is 224 g/mol. The van der Waals surface area contributed by atoms with Crippen molar-refractivity contribution in [3.63, 3.8) is 0 Å². The van der Waals surface area contributed by atoms with Gasteiger partial charge in [0.1, 0.15) is 5.75 Å². The molecule has 0 aliphatic carbocycles. The van der Waals surface area contributed by atoms with Gasteiger partial charge in [-0.2, -0.15) is 0 Å². The first-order valence-corrected chi connectivity index (χ1v) is 4.83. The van der Waals surface area contributed by atoms with Gasteiger partial charge in [-0.15, -0.1) is 5.10 Å². The second kappa shape index (κ2) is 4.60. The van der Waals surface area contributed by atoms with Crippen LogP contribution in [-0.4, -0.2) is 38.4 Å². The molecule has 2 rings (SSSR count). The first kappa shape index (κ1) is 11.1. The highest BCUT2D eigenvalue weighted by Gasteiger charge is 2.13. The smallest absolute Gasteiger partial charge is 0.375 e. The van der Waals surface area contributed by atoms with Crippen molar-refractivity contribution in [3.05, 3.63) is 35.7 Å². The van der Waals surface area contributed by atoms with Gasteiger partial charge in [0, 0.05) is 0 Å². The molecule has 0 unspecified atom stereocenters. The number of carbonyl (C=O) groups is 1. The molecule has 0 bridgehead atoms. The van der Waals surface area contributed by atoms with E-state index >= 15 is 0 Å². The lowest BCUT2D eigenvalue weighted by Gasteiger charge is -2.03. The lowest BCUT2D eigenvalue weighted by Crippen LogP contribution is -2.11. The maximum Gasteiger partial charge on any atom is 0.375 e. The largest absolute Gasteiger partial charge is 0.497 e. The SMILES string of the molecule is COc1ccc(Cn2nnnc2C(=O)O)cc1. The Morgan fingerprint density at radius 2 is 2.12 bits per heavy atom. The van der Waals surface area contributed by atoms with Crippen molar-refractivity contribution in [3.8, 4) is 5.75 Å². The van der Waals surface area contributed by atoms with Crippen molar-refractivity contribution in [2.24, 2.45) is 0 Å².